The molecule has 0 aliphatic carbocycles. The first kappa shape index (κ1) is 24.2. The SMILES string of the molecule is CN=C(NCc1ccc(F)c(CN(C)C)c1)NC(C)c1ccc(F)cc1F.I. The summed E-state index contributed by atoms with van der Waals surface area (Å²) in [6, 6.07) is 8.03. The molecule has 28 heavy (non-hydrogen) atoms. The second kappa shape index (κ2) is 11.3. The van der Waals surface area contributed by atoms with Gasteiger partial charge in [-0.3, -0.25) is 4.99 Å². The van der Waals surface area contributed by atoms with Crippen LogP contribution in [0.2, 0.25) is 0 Å². The Bertz CT molecular complexity index is 812. The van der Waals surface area contributed by atoms with Crippen molar-refractivity contribution in [3.8, 4) is 0 Å². The molecule has 0 aliphatic rings. The van der Waals surface area contributed by atoms with E-state index in [9.17, 15) is 13.2 Å². The van der Waals surface area contributed by atoms with Gasteiger partial charge >= 0.3 is 0 Å². The van der Waals surface area contributed by atoms with Crippen molar-refractivity contribution in [1.82, 2.24) is 15.5 Å². The van der Waals surface area contributed by atoms with Crippen molar-refractivity contribution >= 4 is 29.9 Å². The lowest BCUT2D eigenvalue weighted by molar-refractivity contribution is 0.392. The van der Waals surface area contributed by atoms with Crippen molar-refractivity contribution < 1.29 is 13.2 Å². The van der Waals surface area contributed by atoms with Gasteiger partial charge in [-0.05, 0) is 44.8 Å². The second-order valence-corrected chi connectivity index (χ2v) is 6.62. The fraction of sp³-hybridized carbons (Fsp3) is 0.350. The Morgan fingerprint density at radius 2 is 1.79 bits per heavy atom. The van der Waals surface area contributed by atoms with Crippen LogP contribution in [-0.4, -0.2) is 32.0 Å². The van der Waals surface area contributed by atoms with Crippen LogP contribution in [0.15, 0.2) is 41.4 Å². The number of benzene rings is 2. The standard InChI is InChI=1S/C20H25F3N4.HI/c1-13(17-7-6-16(21)10-19(17)23)26-20(24-2)25-11-14-5-8-18(22)15(9-14)12-27(3)4;/h5-10,13H,11-12H2,1-4H3,(H2,24,25,26);1H. The van der Waals surface area contributed by atoms with Crippen LogP contribution in [0.5, 0.6) is 0 Å². The molecule has 8 heteroatoms. The number of hydrogen-bond acceptors (Lipinski definition) is 2. The molecule has 154 valence electrons. The molecule has 0 saturated carbocycles. The zero-order valence-electron chi connectivity index (χ0n) is 16.4. The largest absolute Gasteiger partial charge is 0.352 e. The molecule has 1 atom stereocenters. The zero-order valence-corrected chi connectivity index (χ0v) is 18.7. The maximum Gasteiger partial charge on any atom is 0.191 e. The van der Waals surface area contributed by atoms with E-state index in [4.69, 9.17) is 0 Å². The highest BCUT2D eigenvalue weighted by atomic mass is 127. The van der Waals surface area contributed by atoms with Gasteiger partial charge in [0.25, 0.3) is 0 Å². The van der Waals surface area contributed by atoms with Crippen molar-refractivity contribution in [2.45, 2.75) is 26.1 Å². The molecule has 2 aromatic carbocycles. The lowest BCUT2D eigenvalue weighted by Crippen LogP contribution is -2.38. The number of halogens is 4. The van der Waals surface area contributed by atoms with Crippen LogP contribution in [0.1, 0.15) is 29.7 Å². The van der Waals surface area contributed by atoms with Crippen molar-refractivity contribution in [3.63, 3.8) is 0 Å². The molecule has 1 unspecified atom stereocenters. The predicted octanol–water partition coefficient (Wildman–Crippen LogP) is 4.21. The van der Waals surface area contributed by atoms with Crippen LogP contribution in [0.25, 0.3) is 0 Å². The Morgan fingerprint density at radius 1 is 1.07 bits per heavy atom. The number of guanidine groups is 1. The van der Waals surface area contributed by atoms with Crippen LogP contribution in [0.3, 0.4) is 0 Å². The van der Waals surface area contributed by atoms with Gasteiger partial charge in [-0.2, -0.15) is 0 Å². The first-order valence-corrected chi connectivity index (χ1v) is 8.64. The zero-order chi connectivity index (χ0) is 20.0. The van der Waals surface area contributed by atoms with Crippen molar-refractivity contribution in [1.29, 1.82) is 0 Å². The van der Waals surface area contributed by atoms with E-state index in [0.29, 0.717) is 30.2 Å². The quantitative estimate of drug-likeness (QED) is 0.351. The van der Waals surface area contributed by atoms with Crippen molar-refractivity contribution in [2.75, 3.05) is 21.1 Å². The molecule has 0 aliphatic heterocycles. The Balaban J connectivity index is 0.00000392. The molecule has 0 radical (unpaired) electrons. The fourth-order valence-electron chi connectivity index (χ4n) is 2.72. The average molecular weight is 506 g/mol. The minimum absolute atomic E-state index is 0. The molecular formula is C20H26F3IN4. The topological polar surface area (TPSA) is 39.7 Å². The molecule has 2 rings (SSSR count). The molecule has 4 nitrogen and oxygen atoms in total. The summed E-state index contributed by atoms with van der Waals surface area (Å²) in [4.78, 5) is 6.02. The van der Waals surface area contributed by atoms with E-state index in [1.807, 2.05) is 19.0 Å². The van der Waals surface area contributed by atoms with E-state index < -0.39 is 17.7 Å². The van der Waals surface area contributed by atoms with E-state index in [0.717, 1.165) is 11.6 Å². The molecule has 0 aromatic heterocycles. The fourth-order valence-corrected chi connectivity index (χ4v) is 2.72. The van der Waals surface area contributed by atoms with Gasteiger partial charge in [0.05, 0.1) is 6.04 Å². The van der Waals surface area contributed by atoms with E-state index in [2.05, 4.69) is 15.6 Å². The normalized spacial score (nSPS) is 12.5. The van der Waals surface area contributed by atoms with E-state index >= 15 is 0 Å². The van der Waals surface area contributed by atoms with Crippen LogP contribution in [0.4, 0.5) is 13.2 Å². The Morgan fingerprint density at radius 3 is 2.39 bits per heavy atom. The molecule has 0 heterocycles. The van der Waals surface area contributed by atoms with Gasteiger partial charge in [0, 0.05) is 37.3 Å². The second-order valence-electron chi connectivity index (χ2n) is 6.62. The third-order valence-corrected chi connectivity index (χ3v) is 4.06. The predicted molar refractivity (Wildman–Crippen MR) is 117 cm³/mol. The summed E-state index contributed by atoms with van der Waals surface area (Å²) >= 11 is 0. The number of nitrogens with one attached hydrogen (secondary N) is 2. The molecule has 0 bridgehead atoms. The molecule has 0 amide bonds. The third kappa shape index (κ3) is 6.97. The Labute approximate surface area is 181 Å². The molecule has 0 fully saturated rings. The van der Waals surface area contributed by atoms with Crippen LogP contribution < -0.4 is 10.6 Å². The minimum atomic E-state index is -0.615. The maximum absolute atomic E-state index is 13.9. The first-order valence-electron chi connectivity index (χ1n) is 8.64. The third-order valence-electron chi connectivity index (χ3n) is 4.06. The Hall–Kier alpha value is -1.81. The highest BCUT2D eigenvalue weighted by Gasteiger charge is 2.13. The number of nitrogens with zero attached hydrogens (tertiary/aromatic N) is 2. The van der Waals surface area contributed by atoms with Gasteiger partial charge in [0.15, 0.2) is 5.96 Å². The summed E-state index contributed by atoms with van der Waals surface area (Å²) < 4.78 is 40.9. The number of hydrogen-bond donors (Lipinski definition) is 2. The van der Waals surface area contributed by atoms with Gasteiger partial charge in [-0.25, -0.2) is 13.2 Å². The lowest BCUT2D eigenvalue weighted by Gasteiger charge is -2.19. The average Bonchev–Trinajstić information content (AvgIpc) is 2.60. The Kier molecular flexibility index (Phi) is 9.74. The maximum atomic E-state index is 13.9. The van der Waals surface area contributed by atoms with E-state index in [-0.39, 0.29) is 29.8 Å². The summed E-state index contributed by atoms with van der Waals surface area (Å²) in [5.74, 6) is -1.01. The summed E-state index contributed by atoms with van der Waals surface area (Å²) in [6.45, 7) is 2.70. The van der Waals surface area contributed by atoms with Crippen molar-refractivity contribution in [2.24, 2.45) is 4.99 Å². The highest BCUT2D eigenvalue weighted by Crippen LogP contribution is 2.17. The molecular weight excluding hydrogens is 480 g/mol. The van der Waals surface area contributed by atoms with Crippen LogP contribution in [-0.2, 0) is 13.1 Å². The smallest absolute Gasteiger partial charge is 0.191 e. The van der Waals surface area contributed by atoms with Crippen LogP contribution in [0, 0.1) is 17.5 Å². The molecule has 2 N–H and O–H groups in total. The van der Waals surface area contributed by atoms with Gasteiger partial charge in [-0.15, -0.1) is 24.0 Å². The highest BCUT2D eigenvalue weighted by molar-refractivity contribution is 14.0. The van der Waals surface area contributed by atoms with Crippen molar-refractivity contribution in [3.05, 3.63) is 70.5 Å². The van der Waals surface area contributed by atoms with E-state index in [1.165, 1.54) is 18.2 Å². The summed E-state index contributed by atoms with van der Waals surface area (Å²) in [5.41, 5.74) is 1.86. The summed E-state index contributed by atoms with van der Waals surface area (Å²) in [5, 5.41) is 6.19. The lowest BCUT2D eigenvalue weighted by atomic mass is 10.1. The summed E-state index contributed by atoms with van der Waals surface area (Å²) in [6.07, 6.45) is 0. The molecule has 0 saturated heterocycles. The van der Waals surface area contributed by atoms with Gasteiger partial charge in [-0.1, -0.05) is 12.1 Å². The first-order chi connectivity index (χ1) is 12.8. The van der Waals surface area contributed by atoms with E-state index in [1.54, 1.807) is 26.1 Å². The molecule has 0 spiro atoms. The monoisotopic (exact) mass is 506 g/mol. The van der Waals surface area contributed by atoms with Gasteiger partial charge < -0.3 is 15.5 Å². The number of aliphatic imine (C=N–C) groups is 1. The van der Waals surface area contributed by atoms with Crippen LogP contribution >= 0.6 is 24.0 Å². The van der Waals surface area contributed by atoms with Gasteiger partial charge in [0.1, 0.15) is 17.5 Å². The van der Waals surface area contributed by atoms with Gasteiger partial charge in [0.2, 0.25) is 0 Å². The number of rotatable bonds is 6. The minimum Gasteiger partial charge on any atom is -0.352 e. The molecule has 2 aromatic rings. The summed E-state index contributed by atoms with van der Waals surface area (Å²) in [7, 11) is 5.36.